The first-order chi connectivity index (χ1) is 9.51. The molecule has 1 aliphatic heterocycles. The van der Waals surface area contributed by atoms with Crippen LogP contribution < -0.4 is 10.5 Å². The fourth-order valence-electron chi connectivity index (χ4n) is 2.75. The number of likely N-dealkylation sites (N-methyl/N-ethyl adjacent to an activating group) is 2. The van der Waals surface area contributed by atoms with Gasteiger partial charge in [0, 0.05) is 31.7 Å². The van der Waals surface area contributed by atoms with E-state index in [1.54, 1.807) is 7.11 Å². The van der Waals surface area contributed by atoms with Gasteiger partial charge in [0.2, 0.25) is 0 Å². The first kappa shape index (κ1) is 15.8. The standard InChI is InChI=1S/C15H24BrN3O/c1-18-6-7-19(2)14(10-18)13(17)9-11-4-5-15(20-3)12(16)8-11/h4-5,8,13-14H,6-7,9-10,17H2,1-3H3. The Kier molecular flexibility index (Phi) is 5.43. The molecular formula is C15H24BrN3O. The summed E-state index contributed by atoms with van der Waals surface area (Å²) in [5.41, 5.74) is 7.68. The third-order valence-corrected chi connectivity index (χ3v) is 4.70. The fourth-order valence-corrected chi connectivity index (χ4v) is 3.34. The van der Waals surface area contributed by atoms with Gasteiger partial charge in [0.15, 0.2) is 0 Å². The predicted molar refractivity (Wildman–Crippen MR) is 86.3 cm³/mol. The van der Waals surface area contributed by atoms with Crippen LogP contribution in [0.2, 0.25) is 0 Å². The number of hydrogen-bond acceptors (Lipinski definition) is 4. The third-order valence-electron chi connectivity index (χ3n) is 4.08. The van der Waals surface area contributed by atoms with Gasteiger partial charge in [0.1, 0.15) is 5.75 Å². The van der Waals surface area contributed by atoms with Crippen LogP contribution in [0.25, 0.3) is 0 Å². The monoisotopic (exact) mass is 341 g/mol. The van der Waals surface area contributed by atoms with Crippen molar-refractivity contribution in [1.82, 2.24) is 9.80 Å². The van der Waals surface area contributed by atoms with Crippen molar-refractivity contribution in [2.24, 2.45) is 5.73 Å². The molecule has 1 aliphatic rings. The highest BCUT2D eigenvalue weighted by Crippen LogP contribution is 2.26. The molecule has 0 amide bonds. The molecule has 1 fully saturated rings. The maximum absolute atomic E-state index is 6.44. The molecule has 1 aromatic rings. The minimum Gasteiger partial charge on any atom is -0.496 e. The van der Waals surface area contributed by atoms with Gasteiger partial charge in [-0.1, -0.05) is 6.07 Å². The van der Waals surface area contributed by atoms with Gasteiger partial charge < -0.3 is 15.4 Å². The molecule has 0 spiro atoms. The number of nitrogens with two attached hydrogens (primary N) is 1. The lowest BCUT2D eigenvalue weighted by Gasteiger charge is -2.40. The number of methoxy groups -OCH3 is 1. The van der Waals surface area contributed by atoms with Gasteiger partial charge >= 0.3 is 0 Å². The Hall–Kier alpha value is -0.620. The molecule has 5 heteroatoms. The molecule has 2 atom stereocenters. The van der Waals surface area contributed by atoms with Crippen molar-refractivity contribution in [3.8, 4) is 5.75 Å². The molecule has 0 bridgehead atoms. The van der Waals surface area contributed by atoms with E-state index in [0.29, 0.717) is 6.04 Å². The Morgan fingerprint density at radius 2 is 2.15 bits per heavy atom. The zero-order chi connectivity index (χ0) is 14.7. The van der Waals surface area contributed by atoms with Crippen LogP contribution in [0.4, 0.5) is 0 Å². The number of hydrogen-bond donors (Lipinski definition) is 1. The van der Waals surface area contributed by atoms with E-state index in [0.717, 1.165) is 36.3 Å². The topological polar surface area (TPSA) is 41.7 Å². The van der Waals surface area contributed by atoms with E-state index in [9.17, 15) is 0 Å². The molecule has 2 N–H and O–H groups in total. The minimum atomic E-state index is 0.142. The van der Waals surface area contributed by atoms with Crippen molar-refractivity contribution >= 4 is 15.9 Å². The number of ether oxygens (including phenoxy) is 1. The van der Waals surface area contributed by atoms with E-state index in [-0.39, 0.29) is 6.04 Å². The Morgan fingerprint density at radius 3 is 2.80 bits per heavy atom. The van der Waals surface area contributed by atoms with Crippen molar-refractivity contribution in [2.75, 3.05) is 40.8 Å². The molecule has 0 aromatic heterocycles. The van der Waals surface area contributed by atoms with Crippen LogP contribution in [0.5, 0.6) is 5.75 Å². The van der Waals surface area contributed by atoms with Gasteiger partial charge in [-0.25, -0.2) is 0 Å². The molecule has 1 aromatic carbocycles. The average molecular weight is 342 g/mol. The van der Waals surface area contributed by atoms with Crippen LogP contribution >= 0.6 is 15.9 Å². The van der Waals surface area contributed by atoms with Gasteiger partial charge in [-0.05, 0) is 54.1 Å². The van der Waals surface area contributed by atoms with Crippen LogP contribution in [0.1, 0.15) is 5.56 Å². The summed E-state index contributed by atoms with van der Waals surface area (Å²) in [6.45, 7) is 3.24. The summed E-state index contributed by atoms with van der Waals surface area (Å²) in [5.74, 6) is 0.858. The van der Waals surface area contributed by atoms with Crippen molar-refractivity contribution in [2.45, 2.75) is 18.5 Å². The van der Waals surface area contributed by atoms with E-state index in [2.05, 4.69) is 52.0 Å². The minimum absolute atomic E-state index is 0.142. The lowest BCUT2D eigenvalue weighted by molar-refractivity contribution is 0.0973. The molecule has 112 valence electrons. The number of piperazine rings is 1. The maximum Gasteiger partial charge on any atom is 0.133 e. The highest BCUT2D eigenvalue weighted by atomic mass is 79.9. The SMILES string of the molecule is COc1ccc(CC(N)C2CN(C)CCN2C)cc1Br. The van der Waals surface area contributed by atoms with E-state index < -0.39 is 0 Å². The van der Waals surface area contributed by atoms with Gasteiger partial charge in [-0.2, -0.15) is 0 Å². The van der Waals surface area contributed by atoms with Crippen molar-refractivity contribution in [3.63, 3.8) is 0 Å². The Labute approximate surface area is 130 Å². The van der Waals surface area contributed by atoms with Gasteiger partial charge in [0.05, 0.1) is 11.6 Å². The van der Waals surface area contributed by atoms with Gasteiger partial charge in [-0.15, -0.1) is 0 Å². The molecular weight excluding hydrogens is 318 g/mol. The summed E-state index contributed by atoms with van der Waals surface area (Å²) in [4.78, 5) is 4.73. The Morgan fingerprint density at radius 1 is 1.40 bits per heavy atom. The molecule has 1 saturated heterocycles. The second-order valence-electron chi connectivity index (χ2n) is 5.65. The molecule has 2 unspecified atom stereocenters. The summed E-state index contributed by atoms with van der Waals surface area (Å²) >= 11 is 3.53. The number of nitrogens with zero attached hydrogens (tertiary/aromatic N) is 2. The maximum atomic E-state index is 6.44. The van der Waals surface area contributed by atoms with Gasteiger partial charge in [0.25, 0.3) is 0 Å². The van der Waals surface area contributed by atoms with Crippen LogP contribution in [0, 0.1) is 0 Å². The van der Waals surface area contributed by atoms with Crippen LogP contribution in [0.3, 0.4) is 0 Å². The summed E-state index contributed by atoms with van der Waals surface area (Å²) < 4.78 is 6.24. The van der Waals surface area contributed by atoms with E-state index in [1.807, 2.05) is 6.07 Å². The first-order valence-electron chi connectivity index (χ1n) is 6.98. The predicted octanol–water partition coefficient (Wildman–Crippen LogP) is 1.57. The summed E-state index contributed by atoms with van der Waals surface area (Å²) in [7, 11) is 6.01. The number of benzene rings is 1. The van der Waals surface area contributed by atoms with Crippen LogP contribution in [-0.2, 0) is 6.42 Å². The third kappa shape index (κ3) is 3.73. The highest BCUT2D eigenvalue weighted by molar-refractivity contribution is 9.10. The second-order valence-corrected chi connectivity index (χ2v) is 6.50. The summed E-state index contributed by atoms with van der Waals surface area (Å²) in [5, 5.41) is 0. The normalized spacial score (nSPS) is 22.8. The first-order valence-corrected chi connectivity index (χ1v) is 7.77. The zero-order valence-electron chi connectivity index (χ0n) is 12.5. The van der Waals surface area contributed by atoms with E-state index >= 15 is 0 Å². The van der Waals surface area contributed by atoms with E-state index in [4.69, 9.17) is 10.5 Å². The molecule has 2 rings (SSSR count). The van der Waals surface area contributed by atoms with Crippen LogP contribution in [0.15, 0.2) is 22.7 Å². The number of halogens is 1. The highest BCUT2D eigenvalue weighted by Gasteiger charge is 2.27. The molecule has 4 nitrogen and oxygen atoms in total. The number of rotatable bonds is 4. The smallest absolute Gasteiger partial charge is 0.133 e. The zero-order valence-corrected chi connectivity index (χ0v) is 14.1. The van der Waals surface area contributed by atoms with Crippen molar-refractivity contribution in [3.05, 3.63) is 28.2 Å². The lowest BCUT2D eigenvalue weighted by atomic mass is 9.97. The van der Waals surface area contributed by atoms with Gasteiger partial charge in [-0.3, -0.25) is 4.90 Å². The Balaban J connectivity index is 2.03. The molecule has 0 aliphatic carbocycles. The molecule has 0 radical (unpaired) electrons. The molecule has 0 saturated carbocycles. The quantitative estimate of drug-likeness (QED) is 0.902. The average Bonchev–Trinajstić information content (AvgIpc) is 2.41. The second kappa shape index (κ2) is 6.89. The largest absolute Gasteiger partial charge is 0.496 e. The van der Waals surface area contributed by atoms with Crippen molar-refractivity contribution < 1.29 is 4.74 Å². The van der Waals surface area contributed by atoms with E-state index in [1.165, 1.54) is 5.56 Å². The fraction of sp³-hybridized carbons (Fsp3) is 0.600. The Bertz CT molecular complexity index is 455. The molecule has 20 heavy (non-hydrogen) atoms. The molecule has 1 heterocycles. The van der Waals surface area contributed by atoms with Crippen LogP contribution in [-0.4, -0.2) is 62.7 Å². The summed E-state index contributed by atoms with van der Waals surface area (Å²) in [6, 6.07) is 6.74. The van der Waals surface area contributed by atoms with Crippen molar-refractivity contribution in [1.29, 1.82) is 0 Å². The summed E-state index contributed by atoms with van der Waals surface area (Å²) in [6.07, 6.45) is 0.880. The lowest BCUT2D eigenvalue weighted by Crippen LogP contribution is -2.58.